The molecule has 0 atom stereocenters. The van der Waals surface area contributed by atoms with E-state index in [1.807, 2.05) is 12.1 Å². The van der Waals surface area contributed by atoms with Crippen LogP contribution in [-0.2, 0) is 4.79 Å². The standard InChI is InChI=1S/C16H18ClN3O/c17-12-6-7-13(14-11(12)5-4-10-19-14)20-15(21)16(18)8-2-1-3-9-16/h4-7,10H,1-3,8-9,18H2,(H,20,21). The monoisotopic (exact) mass is 303 g/mol. The number of hydrogen-bond acceptors (Lipinski definition) is 3. The molecule has 0 unspecified atom stereocenters. The molecule has 0 aliphatic heterocycles. The molecule has 21 heavy (non-hydrogen) atoms. The van der Waals surface area contributed by atoms with Crippen LogP contribution < -0.4 is 11.1 Å². The average molecular weight is 304 g/mol. The van der Waals surface area contributed by atoms with E-state index in [1.54, 1.807) is 18.3 Å². The normalized spacial score (nSPS) is 17.6. The van der Waals surface area contributed by atoms with Gasteiger partial charge in [0.1, 0.15) is 0 Å². The maximum Gasteiger partial charge on any atom is 0.244 e. The number of rotatable bonds is 2. The van der Waals surface area contributed by atoms with Crippen molar-refractivity contribution in [3.63, 3.8) is 0 Å². The first-order valence-electron chi connectivity index (χ1n) is 7.24. The molecule has 1 aromatic carbocycles. The third kappa shape index (κ3) is 2.74. The second kappa shape index (κ2) is 5.62. The van der Waals surface area contributed by atoms with Crippen LogP contribution in [0.3, 0.4) is 0 Å². The van der Waals surface area contributed by atoms with Crippen LogP contribution in [0.15, 0.2) is 30.5 Å². The van der Waals surface area contributed by atoms with Gasteiger partial charge in [0.2, 0.25) is 5.91 Å². The highest BCUT2D eigenvalue weighted by Crippen LogP contribution is 2.31. The lowest BCUT2D eigenvalue weighted by molar-refractivity contribution is -0.122. The van der Waals surface area contributed by atoms with Crippen molar-refractivity contribution in [3.8, 4) is 0 Å². The van der Waals surface area contributed by atoms with Crippen molar-refractivity contribution < 1.29 is 4.79 Å². The smallest absolute Gasteiger partial charge is 0.244 e. The molecule has 0 saturated heterocycles. The summed E-state index contributed by atoms with van der Waals surface area (Å²) >= 11 is 6.16. The van der Waals surface area contributed by atoms with E-state index in [4.69, 9.17) is 17.3 Å². The first-order chi connectivity index (χ1) is 10.1. The van der Waals surface area contributed by atoms with Crippen LogP contribution in [0.25, 0.3) is 10.9 Å². The first kappa shape index (κ1) is 14.3. The van der Waals surface area contributed by atoms with Gasteiger partial charge in [0.25, 0.3) is 0 Å². The van der Waals surface area contributed by atoms with E-state index < -0.39 is 5.54 Å². The van der Waals surface area contributed by atoms with Crippen molar-refractivity contribution in [1.82, 2.24) is 4.98 Å². The van der Waals surface area contributed by atoms with E-state index in [0.717, 1.165) is 37.5 Å². The molecule has 1 amide bonds. The third-order valence-electron chi connectivity index (χ3n) is 4.16. The van der Waals surface area contributed by atoms with E-state index in [1.165, 1.54) is 0 Å². The molecule has 1 aliphatic rings. The second-order valence-electron chi connectivity index (χ2n) is 5.67. The molecule has 2 aromatic rings. The summed E-state index contributed by atoms with van der Waals surface area (Å²) in [6.45, 7) is 0. The Balaban J connectivity index is 1.91. The summed E-state index contributed by atoms with van der Waals surface area (Å²) in [7, 11) is 0. The summed E-state index contributed by atoms with van der Waals surface area (Å²) in [4.78, 5) is 16.8. The number of nitrogens with zero attached hydrogens (tertiary/aromatic N) is 1. The predicted octanol–water partition coefficient (Wildman–Crippen LogP) is 3.49. The first-order valence-corrected chi connectivity index (χ1v) is 7.61. The third-order valence-corrected chi connectivity index (χ3v) is 4.49. The maximum absolute atomic E-state index is 12.5. The van der Waals surface area contributed by atoms with E-state index in [0.29, 0.717) is 16.2 Å². The van der Waals surface area contributed by atoms with Gasteiger partial charge in [-0.25, -0.2) is 0 Å². The topological polar surface area (TPSA) is 68.0 Å². The number of hydrogen-bond donors (Lipinski definition) is 2. The summed E-state index contributed by atoms with van der Waals surface area (Å²) in [6, 6.07) is 7.26. The molecular weight excluding hydrogens is 286 g/mol. The fourth-order valence-electron chi connectivity index (χ4n) is 2.90. The number of benzene rings is 1. The quantitative estimate of drug-likeness (QED) is 0.892. The Bertz CT molecular complexity index is 680. The zero-order valence-electron chi connectivity index (χ0n) is 11.7. The van der Waals surface area contributed by atoms with Crippen LogP contribution >= 0.6 is 11.6 Å². The highest BCUT2D eigenvalue weighted by atomic mass is 35.5. The second-order valence-corrected chi connectivity index (χ2v) is 6.07. The van der Waals surface area contributed by atoms with Gasteiger partial charge in [-0.2, -0.15) is 0 Å². The number of halogens is 1. The molecule has 0 spiro atoms. The molecule has 110 valence electrons. The molecule has 1 saturated carbocycles. The van der Waals surface area contributed by atoms with Crippen LogP contribution in [0.2, 0.25) is 5.02 Å². The van der Waals surface area contributed by atoms with Crippen LogP contribution in [0.4, 0.5) is 5.69 Å². The number of amides is 1. The molecule has 1 aliphatic carbocycles. The van der Waals surface area contributed by atoms with Crippen LogP contribution in [0.5, 0.6) is 0 Å². The van der Waals surface area contributed by atoms with Crippen LogP contribution in [0.1, 0.15) is 32.1 Å². The van der Waals surface area contributed by atoms with Crippen molar-refractivity contribution in [2.45, 2.75) is 37.6 Å². The van der Waals surface area contributed by atoms with Gasteiger partial charge in [-0.15, -0.1) is 0 Å². The van der Waals surface area contributed by atoms with Crippen molar-refractivity contribution in [2.24, 2.45) is 5.73 Å². The van der Waals surface area contributed by atoms with Gasteiger partial charge in [-0.05, 0) is 37.1 Å². The maximum atomic E-state index is 12.5. The highest BCUT2D eigenvalue weighted by Gasteiger charge is 2.35. The number of fused-ring (bicyclic) bond motifs is 1. The molecule has 1 heterocycles. The van der Waals surface area contributed by atoms with Gasteiger partial charge in [0, 0.05) is 11.6 Å². The van der Waals surface area contributed by atoms with E-state index in [9.17, 15) is 4.79 Å². The Morgan fingerprint density at radius 2 is 2.00 bits per heavy atom. The van der Waals surface area contributed by atoms with Gasteiger partial charge in [-0.3, -0.25) is 9.78 Å². The van der Waals surface area contributed by atoms with E-state index in [2.05, 4.69) is 10.3 Å². The minimum atomic E-state index is -0.765. The Kier molecular flexibility index (Phi) is 3.83. The highest BCUT2D eigenvalue weighted by molar-refractivity contribution is 6.36. The molecule has 3 N–H and O–H groups in total. The Labute approximate surface area is 128 Å². The summed E-state index contributed by atoms with van der Waals surface area (Å²) in [5, 5.41) is 4.38. The van der Waals surface area contributed by atoms with Crippen LogP contribution in [0, 0.1) is 0 Å². The number of nitrogens with one attached hydrogen (secondary N) is 1. The zero-order valence-corrected chi connectivity index (χ0v) is 12.5. The fraction of sp³-hybridized carbons (Fsp3) is 0.375. The lowest BCUT2D eigenvalue weighted by Crippen LogP contribution is -2.52. The van der Waals surface area contributed by atoms with E-state index in [-0.39, 0.29) is 5.91 Å². The minimum absolute atomic E-state index is 0.128. The van der Waals surface area contributed by atoms with Gasteiger partial charge in [0.05, 0.1) is 21.8 Å². The molecular formula is C16H18ClN3O. The van der Waals surface area contributed by atoms with Crippen molar-refractivity contribution in [1.29, 1.82) is 0 Å². The average Bonchev–Trinajstić information content (AvgIpc) is 2.51. The minimum Gasteiger partial charge on any atom is -0.323 e. The predicted molar refractivity (Wildman–Crippen MR) is 85.4 cm³/mol. The Hall–Kier alpha value is -1.65. The molecule has 1 aromatic heterocycles. The zero-order chi connectivity index (χ0) is 14.9. The Morgan fingerprint density at radius 3 is 2.76 bits per heavy atom. The summed E-state index contributed by atoms with van der Waals surface area (Å²) < 4.78 is 0. The van der Waals surface area contributed by atoms with Crippen LogP contribution in [-0.4, -0.2) is 16.4 Å². The lowest BCUT2D eigenvalue weighted by atomic mass is 9.82. The largest absolute Gasteiger partial charge is 0.323 e. The summed E-state index contributed by atoms with van der Waals surface area (Å²) in [5.74, 6) is -0.128. The molecule has 4 nitrogen and oxygen atoms in total. The molecule has 3 rings (SSSR count). The number of pyridine rings is 1. The SMILES string of the molecule is NC1(C(=O)Nc2ccc(Cl)c3cccnc23)CCCCC1. The molecule has 5 heteroatoms. The van der Waals surface area contributed by atoms with Gasteiger partial charge in [0.15, 0.2) is 0 Å². The Morgan fingerprint density at radius 1 is 1.24 bits per heavy atom. The number of carbonyl (C=O) groups is 1. The van der Waals surface area contributed by atoms with E-state index >= 15 is 0 Å². The summed E-state index contributed by atoms with van der Waals surface area (Å²) in [5.41, 5.74) is 6.86. The molecule has 0 radical (unpaired) electrons. The van der Waals surface area contributed by atoms with Crippen molar-refractivity contribution in [2.75, 3.05) is 5.32 Å². The molecule has 0 bridgehead atoms. The number of nitrogens with two attached hydrogens (primary N) is 1. The summed E-state index contributed by atoms with van der Waals surface area (Å²) in [6.07, 6.45) is 6.31. The van der Waals surface area contributed by atoms with Gasteiger partial charge >= 0.3 is 0 Å². The number of anilines is 1. The van der Waals surface area contributed by atoms with Gasteiger partial charge < -0.3 is 11.1 Å². The van der Waals surface area contributed by atoms with Crippen molar-refractivity contribution in [3.05, 3.63) is 35.5 Å². The van der Waals surface area contributed by atoms with Crippen molar-refractivity contribution >= 4 is 34.1 Å². The van der Waals surface area contributed by atoms with Gasteiger partial charge in [-0.1, -0.05) is 30.9 Å². The number of carbonyl (C=O) groups excluding carboxylic acids is 1. The lowest BCUT2D eigenvalue weighted by Gasteiger charge is -2.31. The number of aromatic nitrogens is 1. The molecule has 1 fully saturated rings. The fourth-order valence-corrected chi connectivity index (χ4v) is 3.11.